The van der Waals surface area contributed by atoms with Crippen molar-refractivity contribution < 1.29 is 14.5 Å². The van der Waals surface area contributed by atoms with Crippen molar-refractivity contribution in [1.82, 2.24) is 0 Å². The Balaban J connectivity index is 2.28. The highest BCUT2D eigenvalue weighted by atomic mass is 16.6. The highest BCUT2D eigenvalue weighted by Crippen LogP contribution is 2.22. The fourth-order valence-corrected chi connectivity index (χ4v) is 1.74. The summed E-state index contributed by atoms with van der Waals surface area (Å²) in [4.78, 5) is 22.3. The lowest BCUT2D eigenvalue weighted by atomic mass is 10.1. The van der Waals surface area contributed by atoms with E-state index in [4.69, 9.17) is 4.74 Å². The van der Waals surface area contributed by atoms with Gasteiger partial charge in [-0.15, -0.1) is 0 Å². The van der Waals surface area contributed by atoms with Gasteiger partial charge in [0.25, 0.3) is 5.69 Å². The van der Waals surface area contributed by atoms with Gasteiger partial charge in [0.05, 0.1) is 4.92 Å². The highest BCUT2D eigenvalue weighted by Gasteiger charge is 2.21. The lowest BCUT2D eigenvalue weighted by Gasteiger charge is -2.07. The Bertz CT molecular complexity index is 679. The first-order valence-electron chi connectivity index (χ1n) is 6.02. The van der Waals surface area contributed by atoms with Crippen LogP contribution in [-0.4, -0.2) is 10.9 Å². The minimum atomic E-state index is -0.736. The molecule has 20 heavy (non-hydrogen) atoms. The van der Waals surface area contributed by atoms with Crippen LogP contribution >= 0.6 is 0 Å². The number of nitro groups is 1. The molecule has 5 heteroatoms. The van der Waals surface area contributed by atoms with Crippen LogP contribution in [-0.2, 0) is 0 Å². The van der Waals surface area contributed by atoms with E-state index < -0.39 is 10.9 Å². The lowest BCUT2D eigenvalue weighted by molar-refractivity contribution is -0.385. The van der Waals surface area contributed by atoms with Gasteiger partial charge in [0.1, 0.15) is 11.3 Å². The predicted octanol–water partition coefficient (Wildman–Crippen LogP) is 3.43. The van der Waals surface area contributed by atoms with Crippen molar-refractivity contribution >= 4 is 11.7 Å². The molecule has 0 bridgehead atoms. The summed E-state index contributed by atoms with van der Waals surface area (Å²) in [6.45, 7) is 3.85. The number of benzene rings is 2. The number of rotatable bonds is 3. The molecule has 0 aliphatic carbocycles. The number of para-hydroxylation sites is 1. The molecule has 2 aromatic carbocycles. The average Bonchev–Trinajstić information content (AvgIpc) is 2.43. The number of esters is 1. The molecule has 0 amide bonds. The standard InChI is InChI=1S/C15H13NO4/c1-10-7-8-12(9-11(10)2)20-15(17)13-5-3-4-6-14(13)16(18)19/h3-9H,1-2H3. The third-order valence-corrected chi connectivity index (χ3v) is 3.01. The quantitative estimate of drug-likeness (QED) is 0.371. The topological polar surface area (TPSA) is 69.4 Å². The molecule has 0 saturated heterocycles. The van der Waals surface area contributed by atoms with E-state index in [0.717, 1.165) is 11.1 Å². The largest absolute Gasteiger partial charge is 0.423 e. The third-order valence-electron chi connectivity index (χ3n) is 3.01. The molecule has 2 aromatic rings. The molecule has 5 nitrogen and oxygen atoms in total. The Labute approximate surface area is 116 Å². The van der Waals surface area contributed by atoms with Crippen molar-refractivity contribution in [2.45, 2.75) is 13.8 Å². The van der Waals surface area contributed by atoms with Gasteiger partial charge in [0.2, 0.25) is 0 Å². The van der Waals surface area contributed by atoms with Crippen LogP contribution in [0.1, 0.15) is 21.5 Å². The summed E-state index contributed by atoms with van der Waals surface area (Å²) in [5.41, 5.74) is 1.74. The van der Waals surface area contributed by atoms with Gasteiger partial charge in [-0.3, -0.25) is 10.1 Å². The second-order valence-corrected chi connectivity index (χ2v) is 4.41. The summed E-state index contributed by atoms with van der Waals surface area (Å²) in [5, 5.41) is 10.9. The van der Waals surface area contributed by atoms with Gasteiger partial charge in [-0.1, -0.05) is 18.2 Å². The highest BCUT2D eigenvalue weighted by molar-refractivity contribution is 5.95. The Kier molecular flexibility index (Phi) is 3.79. The Morgan fingerprint density at radius 2 is 1.80 bits per heavy atom. The maximum atomic E-state index is 12.0. The van der Waals surface area contributed by atoms with Gasteiger partial charge < -0.3 is 4.74 Å². The van der Waals surface area contributed by atoms with E-state index in [-0.39, 0.29) is 11.3 Å². The van der Waals surface area contributed by atoms with Crippen LogP contribution in [0, 0.1) is 24.0 Å². The lowest BCUT2D eigenvalue weighted by Crippen LogP contribution is -2.11. The zero-order chi connectivity index (χ0) is 14.7. The summed E-state index contributed by atoms with van der Waals surface area (Å²) in [6, 6.07) is 10.9. The van der Waals surface area contributed by atoms with Gasteiger partial charge in [0, 0.05) is 6.07 Å². The first kappa shape index (κ1) is 13.7. The van der Waals surface area contributed by atoms with Crippen molar-refractivity contribution in [1.29, 1.82) is 0 Å². The minimum Gasteiger partial charge on any atom is -0.423 e. The maximum absolute atomic E-state index is 12.0. The molecule has 0 saturated carbocycles. The number of hydrogen-bond acceptors (Lipinski definition) is 4. The zero-order valence-electron chi connectivity index (χ0n) is 11.1. The molecule has 0 aliphatic heterocycles. The average molecular weight is 271 g/mol. The predicted molar refractivity (Wildman–Crippen MR) is 74.0 cm³/mol. The zero-order valence-corrected chi connectivity index (χ0v) is 11.1. The number of hydrogen-bond donors (Lipinski definition) is 0. The van der Waals surface area contributed by atoms with E-state index in [9.17, 15) is 14.9 Å². The molecule has 2 rings (SSSR count). The Morgan fingerprint density at radius 3 is 2.45 bits per heavy atom. The molecule has 0 heterocycles. The van der Waals surface area contributed by atoms with E-state index in [2.05, 4.69) is 0 Å². The summed E-state index contributed by atoms with van der Waals surface area (Å²) in [7, 11) is 0. The van der Waals surface area contributed by atoms with Crippen LogP contribution in [0.4, 0.5) is 5.69 Å². The molecule has 0 unspecified atom stereocenters. The molecule has 0 aromatic heterocycles. The van der Waals surface area contributed by atoms with Crippen LogP contribution in [0.5, 0.6) is 5.75 Å². The molecule has 0 atom stereocenters. The Morgan fingerprint density at radius 1 is 1.10 bits per heavy atom. The van der Waals surface area contributed by atoms with Gasteiger partial charge in [-0.25, -0.2) is 4.79 Å². The monoisotopic (exact) mass is 271 g/mol. The second kappa shape index (κ2) is 5.52. The van der Waals surface area contributed by atoms with Crippen molar-refractivity contribution in [3.63, 3.8) is 0 Å². The number of nitrogens with zero attached hydrogens (tertiary/aromatic N) is 1. The van der Waals surface area contributed by atoms with Crippen molar-refractivity contribution in [2.75, 3.05) is 0 Å². The fraction of sp³-hybridized carbons (Fsp3) is 0.133. The first-order valence-corrected chi connectivity index (χ1v) is 6.02. The van der Waals surface area contributed by atoms with Crippen molar-refractivity contribution in [2.24, 2.45) is 0 Å². The fourth-order valence-electron chi connectivity index (χ4n) is 1.74. The number of ether oxygens (including phenoxy) is 1. The molecule has 0 fully saturated rings. The molecule has 0 aliphatic rings. The summed E-state index contributed by atoms with van der Waals surface area (Å²) in [6.07, 6.45) is 0. The van der Waals surface area contributed by atoms with E-state index in [1.807, 2.05) is 19.9 Å². The van der Waals surface area contributed by atoms with Crippen LogP contribution < -0.4 is 4.74 Å². The van der Waals surface area contributed by atoms with Gasteiger partial charge in [-0.2, -0.15) is 0 Å². The molecule has 0 spiro atoms. The molecule has 0 N–H and O–H groups in total. The summed E-state index contributed by atoms with van der Waals surface area (Å²) >= 11 is 0. The van der Waals surface area contributed by atoms with E-state index in [0.29, 0.717) is 5.75 Å². The Hall–Kier alpha value is -2.69. The molecular formula is C15H13NO4. The number of carbonyl (C=O) groups excluding carboxylic acids is 1. The van der Waals surface area contributed by atoms with Gasteiger partial charge in [0.15, 0.2) is 0 Å². The smallest absolute Gasteiger partial charge is 0.350 e. The van der Waals surface area contributed by atoms with Crippen LogP contribution in [0.2, 0.25) is 0 Å². The maximum Gasteiger partial charge on any atom is 0.350 e. The molecular weight excluding hydrogens is 258 g/mol. The molecule has 0 radical (unpaired) electrons. The minimum absolute atomic E-state index is 0.0595. The number of carbonyl (C=O) groups is 1. The van der Waals surface area contributed by atoms with Crippen molar-refractivity contribution in [3.05, 3.63) is 69.3 Å². The van der Waals surface area contributed by atoms with E-state index in [1.54, 1.807) is 18.2 Å². The van der Waals surface area contributed by atoms with Crippen LogP contribution in [0.15, 0.2) is 42.5 Å². The van der Waals surface area contributed by atoms with Gasteiger partial charge in [-0.05, 0) is 43.2 Å². The van der Waals surface area contributed by atoms with Crippen LogP contribution in [0.3, 0.4) is 0 Å². The van der Waals surface area contributed by atoms with E-state index >= 15 is 0 Å². The van der Waals surface area contributed by atoms with Gasteiger partial charge >= 0.3 is 5.97 Å². The number of nitro benzene ring substituents is 1. The SMILES string of the molecule is Cc1ccc(OC(=O)c2ccccc2[N+](=O)[O-])cc1C. The number of aryl methyl sites for hydroxylation is 2. The van der Waals surface area contributed by atoms with Crippen molar-refractivity contribution in [3.8, 4) is 5.75 Å². The summed E-state index contributed by atoms with van der Waals surface area (Å²) in [5.74, 6) is -0.364. The van der Waals surface area contributed by atoms with E-state index in [1.165, 1.54) is 18.2 Å². The normalized spacial score (nSPS) is 10.1. The third kappa shape index (κ3) is 2.83. The second-order valence-electron chi connectivity index (χ2n) is 4.41. The first-order chi connectivity index (χ1) is 9.49. The molecule has 102 valence electrons. The summed E-state index contributed by atoms with van der Waals surface area (Å²) < 4.78 is 5.18. The van der Waals surface area contributed by atoms with Crippen LogP contribution in [0.25, 0.3) is 0 Å².